The molecular weight excluding hydrogens is 220 g/mol. The molecule has 14 heavy (non-hydrogen) atoms. The van der Waals surface area contributed by atoms with Gasteiger partial charge in [-0.05, 0) is 12.8 Å². The molecule has 0 saturated heterocycles. The van der Waals surface area contributed by atoms with Gasteiger partial charge in [0.2, 0.25) is 0 Å². The third-order valence-electron chi connectivity index (χ3n) is 2.36. The molecule has 0 aromatic carbocycles. The Bertz CT molecular complexity index is 286. The van der Waals surface area contributed by atoms with E-state index < -0.39 is 5.60 Å². The third-order valence-corrected chi connectivity index (χ3v) is 3.48. The number of hydrogen-bond acceptors (Lipinski definition) is 4. The van der Waals surface area contributed by atoms with E-state index >= 15 is 0 Å². The molecule has 0 aliphatic heterocycles. The first kappa shape index (κ1) is 11.8. The first-order chi connectivity index (χ1) is 6.59. The standard InChI is InChI=1S/C9H15ClN2OS/c1-3-9(13,4-2)6-11-8-12-7(10)5-14-8/h5,13H,3-4,6H2,1-2H3,(H,11,12). The van der Waals surface area contributed by atoms with E-state index in [1.165, 1.54) is 11.3 Å². The molecule has 0 spiro atoms. The molecule has 0 atom stereocenters. The van der Waals surface area contributed by atoms with Crippen LogP contribution in [-0.2, 0) is 0 Å². The van der Waals surface area contributed by atoms with Crippen LogP contribution in [0.15, 0.2) is 5.38 Å². The average Bonchev–Trinajstić information content (AvgIpc) is 2.61. The highest BCUT2D eigenvalue weighted by molar-refractivity contribution is 7.14. The van der Waals surface area contributed by atoms with E-state index in [1.807, 2.05) is 13.8 Å². The minimum absolute atomic E-state index is 0.494. The summed E-state index contributed by atoms with van der Waals surface area (Å²) in [5, 5.41) is 16.1. The Hall–Kier alpha value is -0.320. The summed E-state index contributed by atoms with van der Waals surface area (Å²) in [5.41, 5.74) is -0.641. The van der Waals surface area contributed by atoms with Crippen LogP contribution in [0.3, 0.4) is 0 Å². The van der Waals surface area contributed by atoms with Crippen molar-refractivity contribution in [1.82, 2.24) is 4.98 Å². The second-order valence-electron chi connectivity index (χ2n) is 3.26. The van der Waals surface area contributed by atoms with E-state index in [0.717, 1.165) is 18.0 Å². The van der Waals surface area contributed by atoms with Crippen molar-refractivity contribution < 1.29 is 5.11 Å². The van der Waals surface area contributed by atoms with Crippen molar-refractivity contribution in [2.45, 2.75) is 32.3 Å². The maximum atomic E-state index is 9.98. The Kier molecular flexibility index (Phi) is 4.16. The minimum Gasteiger partial charge on any atom is -0.388 e. The molecule has 80 valence electrons. The van der Waals surface area contributed by atoms with Gasteiger partial charge in [-0.15, -0.1) is 11.3 Å². The number of aliphatic hydroxyl groups is 1. The first-order valence-electron chi connectivity index (χ1n) is 4.67. The maximum Gasteiger partial charge on any atom is 0.184 e. The summed E-state index contributed by atoms with van der Waals surface area (Å²) >= 11 is 7.12. The van der Waals surface area contributed by atoms with Crippen molar-refractivity contribution in [3.63, 3.8) is 0 Å². The SMILES string of the molecule is CCC(O)(CC)CNc1nc(Cl)cs1. The molecule has 0 radical (unpaired) electrons. The fourth-order valence-corrected chi connectivity index (χ4v) is 1.91. The van der Waals surface area contributed by atoms with Crippen LogP contribution in [0.25, 0.3) is 0 Å². The Morgan fingerprint density at radius 3 is 2.64 bits per heavy atom. The van der Waals surface area contributed by atoms with Crippen molar-refractivity contribution in [2.24, 2.45) is 0 Å². The van der Waals surface area contributed by atoms with Crippen LogP contribution < -0.4 is 5.32 Å². The second-order valence-corrected chi connectivity index (χ2v) is 4.51. The van der Waals surface area contributed by atoms with Crippen LogP contribution in [0.2, 0.25) is 5.15 Å². The third kappa shape index (κ3) is 3.12. The van der Waals surface area contributed by atoms with Crippen LogP contribution >= 0.6 is 22.9 Å². The average molecular weight is 235 g/mol. The lowest BCUT2D eigenvalue weighted by molar-refractivity contribution is 0.0457. The predicted molar refractivity (Wildman–Crippen MR) is 61.1 cm³/mol. The van der Waals surface area contributed by atoms with Crippen molar-refractivity contribution >= 4 is 28.1 Å². The van der Waals surface area contributed by atoms with E-state index in [2.05, 4.69) is 10.3 Å². The fourth-order valence-electron chi connectivity index (χ4n) is 1.08. The van der Waals surface area contributed by atoms with Gasteiger partial charge in [0.05, 0.1) is 5.60 Å². The Balaban J connectivity index is 2.47. The number of nitrogens with one attached hydrogen (secondary N) is 1. The van der Waals surface area contributed by atoms with Gasteiger partial charge in [-0.25, -0.2) is 4.98 Å². The first-order valence-corrected chi connectivity index (χ1v) is 5.92. The summed E-state index contributed by atoms with van der Waals surface area (Å²) in [6.45, 7) is 4.46. The molecule has 5 heteroatoms. The molecule has 3 nitrogen and oxygen atoms in total. The highest BCUT2D eigenvalue weighted by atomic mass is 35.5. The second kappa shape index (κ2) is 4.96. The lowest BCUT2D eigenvalue weighted by Gasteiger charge is -2.25. The smallest absolute Gasteiger partial charge is 0.184 e. The van der Waals surface area contributed by atoms with Crippen LogP contribution in [-0.4, -0.2) is 22.2 Å². The molecule has 0 aliphatic rings. The number of nitrogens with zero attached hydrogens (tertiary/aromatic N) is 1. The van der Waals surface area contributed by atoms with Gasteiger partial charge in [0.25, 0.3) is 0 Å². The quantitative estimate of drug-likeness (QED) is 0.824. The van der Waals surface area contributed by atoms with Crippen LogP contribution in [0.4, 0.5) is 5.13 Å². The lowest BCUT2D eigenvalue weighted by atomic mass is 9.98. The summed E-state index contributed by atoms with van der Waals surface area (Å²) in [4.78, 5) is 4.04. The molecule has 0 amide bonds. The van der Waals surface area contributed by atoms with Gasteiger partial charge in [0, 0.05) is 11.9 Å². The van der Waals surface area contributed by atoms with E-state index in [-0.39, 0.29) is 0 Å². The lowest BCUT2D eigenvalue weighted by Crippen LogP contribution is -2.35. The van der Waals surface area contributed by atoms with Gasteiger partial charge in [-0.1, -0.05) is 25.4 Å². The summed E-state index contributed by atoms with van der Waals surface area (Å²) in [6.07, 6.45) is 1.46. The molecule has 0 fully saturated rings. The molecule has 1 aromatic rings. The number of rotatable bonds is 5. The number of hydrogen-bond donors (Lipinski definition) is 2. The van der Waals surface area contributed by atoms with Crippen molar-refractivity contribution in [2.75, 3.05) is 11.9 Å². The Labute approximate surface area is 93.1 Å². The molecule has 0 saturated carbocycles. The number of halogens is 1. The molecular formula is C9H15ClN2OS. The van der Waals surface area contributed by atoms with Crippen molar-refractivity contribution in [3.8, 4) is 0 Å². The maximum absolute atomic E-state index is 9.98. The summed E-state index contributed by atoms with van der Waals surface area (Å²) < 4.78 is 0. The largest absolute Gasteiger partial charge is 0.388 e. The summed E-state index contributed by atoms with van der Waals surface area (Å²) in [7, 11) is 0. The number of anilines is 1. The van der Waals surface area contributed by atoms with Gasteiger partial charge < -0.3 is 10.4 Å². The topological polar surface area (TPSA) is 45.1 Å². The van der Waals surface area contributed by atoms with E-state index in [4.69, 9.17) is 11.6 Å². The van der Waals surface area contributed by atoms with Gasteiger partial charge in [0.1, 0.15) is 5.15 Å². The van der Waals surface area contributed by atoms with Crippen LogP contribution in [0.1, 0.15) is 26.7 Å². The predicted octanol–water partition coefficient (Wildman–Crippen LogP) is 2.76. The van der Waals surface area contributed by atoms with Gasteiger partial charge >= 0.3 is 0 Å². The minimum atomic E-state index is -0.641. The molecule has 0 bridgehead atoms. The molecule has 0 aliphatic carbocycles. The van der Waals surface area contributed by atoms with Crippen molar-refractivity contribution in [3.05, 3.63) is 10.5 Å². The Morgan fingerprint density at radius 1 is 1.57 bits per heavy atom. The Morgan fingerprint density at radius 2 is 2.21 bits per heavy atom. The van der Waals surface area contributed by atoms with Crippen molar-refractivity contribution in [1.29, 1.82) is 0 Å². The van der Waals surface area contributed by atoms with Crippen LogP contribution in [0.5, 0.6) is 0 Å². The zero-order valence-electron chi connectivity index (χ0n) is 8.38. The monoisotopic (exact) mass is 234 g/mol. The van der Waals surface area contributed by atoms with E-state index in [0.29, 0.717) is 11.7 Å². The molecule has 2 N–H and O–H groups in total. The molecule has 1 heterocycles. The van der Waals surface area contributed by atoms with Crippen LogP contribution in [0, 0.1) is 0 Å². The highest BCUT2D eigenvalue weighted by Gasteiger charge is 2.21. The normalized spacial score (nSPS) is 11.7. The van der Waals surface area contributed by atoms with E-state index in [1.54, 1.807) is 5.38 Å². The summed E-state index contributed by atoms with van der Waals surface area (Å²) in [5.74, 6) is 0. The molecule has 0 unspecified atom stereocenters. The fraction of sp³-hybridized carbons (Fsp3) is 0.667. The zero-order valence-corrected chi connectivity index (χ0v) is 9.95. The van der Waals surface area contributed by atoms with E-state index in [9.17, 15) is 5.11 Å². The highest BCUT2D eigenvalue weighted by Crippen LogP contribution is 2.21. The zero-order chi connectivity index (χ0) is 10.6. The summed E-state index contributed by atoms with van der Waals surface area (Å²) in [6, 6.07) is 0. The molecule has 1 aromatic heterocycles. The van der Waals surface area contributed by atoms with Gasteiger partial charge in [-0.2, -0.15) is 0 Å². The van der Waals surface area contributed by atoms with Gasteiger partial charge in [-0.3, -0.25) is 0 Å². The molecule has 1 rings (SSSR count). The van der Waals surface area contributed by atoms with Gasteiger partial charge in [0.15, 0.2) is 5.13 Å². The number of aromatic nitrogens is 1. The number of thiazole rings is 1.